The zero-order chi connectivity index (χ0) is 56.6. The Labute approximate surface area is 532 Å². The van der Waals surface area contributed by atoms with E-state index in [1.807, 2.05) is 12.1 Å². The van der Waals surface area contributed by atoms with Crippen molar-refractivity contribution in [2.75, 3.05) is 0 Å². The Bertz CT molecular complexity index is 1660. The maximum atomic E-state index is 11.1. The maximum Gasteiger partial charge on any atom is 2.00 e. The Morgan fingerprint density at radius 1 is 0.253 bits per heavy atom. The zero-order valence-corrected chi connectivity index (χ0v) is 58.3. The molecule has 0 radical (unpaired) electrons. The molecule has 456 valence electrons. The molecule has 0 unspecified atom stereocenters. The van der Waals surface area contributed by atoms with Gasteiger partial charge in [-0.15, -0.1) is 0 Å². The van der Waals surface area contributed by atoms with E-state index in [0.29, 0.717) is 0 Å². The standard InChI is InChI=1S/2C35H64O3S.Ba/c2*1-2-3-4-5-6-7-8-9-10-11-12-13-14-15-16-17-18-19-20-21-22-23-24-25-26-27-28-30-34-31-29-32-35(33-34)39(36,37)38;/h2*29,31-33H,2-28,30H2,1H3,(H,36,37,38);/q;;+2/p-2. The summed E-state index contributed by atoms with van der Waals surface area (Å²) < 4.78 is 66.8. The fourth-order valence-corrected chi connectivity index (χ4v) is 12.4. The van der Waals surface area contributed by atoms with E-state index < -0.39 is 20.2 Å². The van der Waals surface area contributed by atoms with Crippen molar-refractivity contribution in [2.45, 2.75) is 383 Å². The molecule has 0 fully saturated rings. The van der Waals surface area contributed by atoms with Crippen LogP contribution < -0.4 is 0 Å². The summed E-state index contributed by atoms with van der Waals surface area (Å²) in [5.74, 6) is 0. The molecule has 0 saturated carbocycles. The quantitative estimate of drug-likeness (QED) is 0.0370. The topological polar surface area (TPSA) is 114 Å². The Hall–Kier alpha value is -0.169. The second-order valence-electron chi connectivity index (χ2n) is 24.1. The summed E-state index contributed by atoms with van der Waals surface area (Å²) in [5.41, 5.74) is 1.90. The molecule has 0 aromatic heterocycles. The van der Waals surface area contributed by atoms with Gasteiger partial charge in [-0.3, -0.25) is 0 Å². The van der Waals surface area contributed by atoms with Gasteiger partial charge in [0.25, 0.3) is 0 Å². The van der Waals surface area contributed by atoms with Crippen LogP contribution in [0.15, 0.2) is 58.3 Å². The van der Waals surface area contributed by atoms with Crippen LogP contribution in [0.25, 0.3) is 0 Å². The van der Waals surface area contributed by atoms with Crippen molar-refractivity contribution in [3.8, 4) is 0 Å². The third-order valence-corrected chi connectivity index (χ3v) is 18.2. The Balaban J connectivity index is 0.00000152. The van der Waals surface area contributed by atoms with Crippen LogP contribution in [0.1, 0.15) is 372 Å². The number of hydrogen-bond donors (Lipinski definition) is 0. The predicted octanol–water partition coefficient (Wildman–Crippen LogP) is 23.0. The average Bonchev–Trinajstić information content (AvgIpc) is 3.43. The summed E-state index contributed by atoms with van der Waals surface area (Å²) in [6.07, 6.45) is 77.2. The number of unbranched alkanes of at least 4 members (excludes halogenated alkanes) is 52. The molecule has 0 atom stereocenters. The van der Waals surface area contributed by atoms with Crippen LogP contribution in [0.2, 0.25) is 0 Å². The summed E-state index contributed by atoms with van der Waals surface area (Å²) in [7, 11) is -8.69. The van der Waals surface area contributed by atoms with E-state index in [-0.39, 0.29) is 58.7 Å². The van der Waals surface area contributed by atoms with Crippen molar-refractivity contribution in [2.24, 2.45) is 0 Å². The summed E-state index contributed by atoms with van der Waals surface area (Å²) in [4.78, 5) is -0.213. The largest absolute Gasteiger partial charge is 2.00 e. The van der Waals surface area contributed by atoms with Crippen LogP contribution in [-0.4, -0.2) is 74.8 Å². The molecule has 0 heterocycles. The number of aryl methyl sites for hydroxylation is 2. The molecule has 0 spiro atoms. The third-order valence-electron chi connectivity index (χ3n) is 16.5. The fraction of sp³-hybridized carbons (Fsp3) is 0.829. The van der Waals surface area contributed by atoms with E-state index in [1.54, 1.807) is 12.1 Å². The van der Waals surface area contributed by atoms with Gasteiger partial charge in [-0.2, -0.15) is 0 Å². The van der Waals surface area contributed by atoms with E-state index in [4.69, 9.17) is 0 Å². The van der Waals surface area contributed by atoms with Crippen molar-refractivity contribution < 1.29 is 25.9 Å². The number of benzene rings is 2. The monoisotopic (exact) mass is 1260 g/mol. The van der Waals surface area contributed by atoms with Gasteiger partial charge in [-0.05, 0) is 61.1 Å². The van der Waals surface area contributed by atoms with Crippen LogP contribution in [0, 0.1) is 0 Å². The minimum Gasteiger partial charge on any atom is -0.744 e. The molecule has 0 bridgehead atoms. The van der Waals surface area contributed by atoms with Crippen LogP contribution in [-0.2, 0) is 33.1 Å². The molecule has 2 aromatic rings. The first-order chi connectivity index (χ1) is 38.1. The van der Waals surface area contributed by atoms with E-state index >= 15 is 0 Å². The van der Waals surface area contributed by atoms with Crippen molar-refractivity contribution in [3.05, 3.63) is 59.7 Å². The first-order valence-electron chi connectivity index (χ1n) is 34.2. The average molecular weight is 1270 g/mol. The van der Waals surface area contributed by atoms with E-state index in [0.717, 1.165) is 36.8 Å². The maximum absolute atomic E-state index is 11.1. The van der Waals surface area contributed by atoms with Crippen molar-refractivity contribution in [1.29, 1.82) is 0 Å². The zero-order valence-electron chi connectivity index (χ0n) is 52.2. The summed E-state index contributed by atoms with van der Waals surface area (Å²) >= 11 is 0. The second-order valence-corrected chi connectivity index (χ2v) is 26.8. The van der Waals surface area contributed by atoms with Crippen LogP contribution in [0.5, 0.6) is 0 Å². The summed E-state index contributed by atoms with van der Waals surface area (Å²) in [6.45, 7) is 4.59. The summed E-state index contributed by atoms with van der Waals surface area (Å²) in [6, 6.07) is 13.0. The van der Waals surface area contributed by atoms with E-state index in [2.05, 4.69) is 13.8 Å². The van der Waals surface area contributed by atoms with E-state index in [9.17, 15) is 25.9 Å². The molecule has 79 heavy (non-hydrogen) atoms. The second kappa shape index (κ2) is 59.6. The Kier molecular flexibility index (Phi) is 59.4. The van der Waals surface area contributed by atoms with Crippen molar-refractivity contribution in [1.82, 2.24) is 0 Å². The van der Waals surface area contributed by atoms with Gasteiger partial charge in [0, 0.05) is 0 Å². The molecule has 2 rings (SSSR count). The fourth-order valence-electron chi connectivity index (χ4n) is 11.4. The molecule has 6 nitrogen and oxygen atoms in total. The van der Waals surface area contributed by atoms with Crippen LogP contribution in [0.4, 0.5) is 0 Å². The van der Waals surface area contributed by atoms with Crippen LogP contribution in [0.3, 0.4) is 0 Å². The SMILES string of the molecule is CCCCCCCCCCCCCCCCCCCCCCCCCCCCCc1cccc(S(=O)(=O)[O-])c1.CCCCCCCCCCCCCCCCCCCCCCCCCCCCCc1cccc(S(=O)(=O)[O-])c1.[Ba+2]. The number of hydrogen-bond acceptors (Lipinski definition) is 6. The van der Waals surface area contributed by atoms with Gasteiger partial charge in [-0.1, -0.05) is 372 Å². The Morgan fingerprint density at radius 3 is 0.557 bits per heavy atom. The molecular weight excluding hydrogens is 1140 g/mol. The number of rotatable bonds is 58. The third kappa shape index (κ3) is 55.5. The smallest absolute Gasteiger partial charge is 0.744 e. The first-order valence-corrected chi connectivity index (χ1v) is 37.0. The van der Waals surface area contributed by atoms with Crippen molar-refractivity contribution in [3.63, 3.8) is 0 Å². The van der Waals surface area contributed by atoms with Gasteiger partial charge in [0.05, 0.1) is 9.79 Å². The molecule has 0 aliphatic carbocycles. The minimum absolute atomic E-state index is 0. The van der Waals surface area contributed by atoms with Gasteiger partial charge in [0.2, 0.25) is 0 Å². The molecule has 0 aliphatic heterocycles. The molecule has 0 saturated heterocycles. The van der Waals surface area contributed by atoms with Gasteiger partial charge in [0.15, 0.2) is 0 Å². The molecule has 2 aromatic carbocycles. The molecular formula is C70H126BaO6S2. The van der Waals surface area contributed by atoms with Crippen molar-refractivity contribution >= 4 is 69.1 Å². The Morgan fingerprint density at radius 2 is 0.405 bits per heavy atom. The van der Waals surface area contributed by atoms with Gasteiger partial charge in [-0.25, -0.2) is 16.8 Å². The normalized spacial score (nSPS) is 11.7. The van der Waals surface area contributed by atoms with E-state index in [1.165, 1.54) is 358 Å². The first kappa shape index (κ1) is 78.8. The summed E-state index contributed by atoms with van der Waals surface area (Å²) in [5, 5.41) is 0. The minimum atomic E-state index is -4.34. The van der Waals surface area contributed by atoms with Gasteiger partial charge < -0.3 is 9.11 Å². The van der Waals surface area contributed by atoms with Crippen LogP contribution >= 0.6 is 0 Å². The van der Waals surface area contributed by atoms with Gasteiger partial charge >= 0.3 is 48.9 Å². The van der Waals surface area contributed by atoms with Gasteiger partial charge in [0.1, 0.15) is 20.2 Å². The molecule has 0 aliphatic rings. The molecule has 0 N–H and O–H groups in total. The molecule has 0 amide bonds. The predicted molar refractivity (Wildman–Crippen MR) is 343 cm³/mol. The molecule has 9 heteroatoms.